The quantitative estimate of drug-likeness (QED) is 0.902. The molecule has 2 aliphatic rings. The highest BCUT2D eigenvalue weighted by atomic mass is 35.5. The second-order valence-electron chi connectivity index (χ2n) is 6.85. The summed E-state index contributed by atoms with van der Waals surface area (Å²) in [6.45, 7) is 6.91. The lowest BCUT2D eigenvalue weighted by Crippen LogP contribution is -2.58. The standard InChI is InChI=1S/C17H22ClN3O2/c1-17(2)11-20(9-7-19-17)16(23)13-10-12(5-6-14(13)18)21-8-3-4-15(21)22/h5-6,10,19H,3-4,7-9,11H2,1-2H3. The second-order valence-corrected chi connectivity index (χ2v) is 7.26. The predicted octanol–water partition coefficient (Wildman–Crippen LogP) is 2.29. The van der Waals surface area contributed by atoms with Crippen LogP contribution in [0.4, 0.5) is 5.69 Å². The molecule has 0 aromatic heterocycles. The molecule has 23 heavy (non-hydrogen) atoms. The van der Waals surface area contributed by atoms with Gasteiger partial charge in [0, 0.05) is 43.8 Å². The molecule has 5 nitrogen and oxygen atoms in total. The van der Waals surface area contributed by atoms with Crippen molar-refractivity contribution in [1.29, 1.82) is 0 Å². The molecule has 2 heterocycles. The number of nitrogens with one attached hydrogen (secondary N) is 1. The number of nitrogens with zero attached hydrogens (tertiary/aromatic N) is 2. The summed E-state index contributed by atoms with van der Waals surface area (Å²) < 4.78 is 0. The molecule has 2 fully saturated rings. The predicted molar refractivity (Wildman–Crippen MR) is 91.0 cm³/mol. The molecule has 1 N–H and O–H groups in total. The molecule has 2 aliphatic heterocycles. The molecule has 1 aromatic carbocycles. The Morgan fingerprint density at radius 2 is 2.09 bits per heavy atom. The number of hydrogen-bond acceptors (Lipinski definition) is 3. The van der Waals surface area contributed by atoms with Crippen molar-refractivity contribution in [3.63, 3.8) is 0 Å². The molecule has 124 valence electrons. The second kappa shape index (κ2) is 6.13. The van der Waals surface area contributed by atoms with Gasteiger partial charge in [0.25, 0.3) is 5.91 Å². The molecular formula is C17H22ClN3O2. The topological polar surface area (TPSA) is 52.7 Å². The van der Waals surface area contributed by atoms with Crippen molar-refractivity contribution in [3.8, 4) is 0 Å². The maximum Gasteiger partial charge on any atom is 0.255 e. The van der Waals surface area contributed by atoms with E-state index in [1.165, 1.54) is 0 Å². The van der Waals surface area contributed by atoms with Crippen LogP contribution in [0.3, 0.4) is 0 Å². The Morgan fingerprint density at radius 3 is 2.74 bits per heavy atom. The number of carbonyl (C=O) groups excluding carboxylic acids is 2. The third-order valence-corrected chi connectivity index (χ3v) is 4.75. The fourth-order valence-corrected chi connectivity index (χ4v) is 3.45. The first-order chi connectivity index (χ1) is 10.9. The van der Waals surface area contributed by atoms with Crippen molar-refractivity contribution >= 4 is 29.1 Å². The molecule has 0 spiro atoms. The van der Waals surface area contributed by atoms with Crippen LogP contribution >= 0.6 is 11.6 Å². The Kier molecular flexibility index (Phi) is 4.34. The van der Waals surface area contributed by atoms with E-state index in [9.17, 15) is 9.59 Å². The number of benzene rings is 1. The van der Waals surface area contributed by atoms with Gasteiger partial charge >= 0.3 is 0 Å². The zero-order chi connectivity index (χ0) is 16.6. The summed E-state index contributed by atoms with van der Waals surface area (Å²) in [6.07, 6.45) is 1.43. The van der Waals surface area contributed by atoms with Gasteiger partial charge in [0.15, 0.2) is 0 Å². The summed E-state index contributed by atoms with van der Waals surface area (Å²) in [5, 5.41) is 3.82. The van der Waals surface area contributed by atoms with Gasteiger partial charge in [-0.3, -0.25) is 9.59 Å². The monoisotopic (exact) mass is 335 g/mol. The number of anilines is 1. The smallest absolute Gasteiger partial charge is 0.255 e. The van der Waals surface area contributed by atoms with Crippen LogP contribution in [0.25, 0.3) is 0 Å². The van der Waals surface area contributed by atoms with Crippen LogP contribution in [0.15, 0.2) is 18.2 Å². The minimum atomic E-state index is -0.108. The van der Waals surface area contributed by atoms with Crippen molar-refractivity contribution in [2.45, 2.75) is 32.2 Å². The van der Waals surface area contributed by atoms with Gasteiger partial charge in [0.05, 0.1) is 10.6 Å². The molecule has 2 amide bonds. The van der Waals surface area contributed by atoms with Gasteiger partial charge in [-0.25, -0.2) is 0 Å². The first kappa shape index (κ1) is 16.3. The van der Waals surface area contributed by atoms with Crippen LogP contribution in [-0.2, 0) is 4.79 Å². The van der Waals surface area contributed by atoms with Gasteiger partial charge in [0.2, 0.25) is 5.91 Å². The average molecular weight is 336 g/mol. The fourth-order valence-electron chi connectivity index (χ4n) is 3.25. The first-order valence-electron chi connectivity index (χ1n) is 8.02. The maximum absolute atomic E-state index is 12.9. The molecule has 6 heteroatoms. The summed E-state index contributed by atoms with van der Waals surface area (Å²) in [5.74, 6) is 0.0344. The summed E-state index contributed by atoms with van der Waals surface area (Å²) in [4.78, 5) is 28.3. The van der Waals surface area contributed by atoms with E-state index in [0.29, 0.717) is 36.6 Å². The van der Waals surface area contributed by atoms with Crippen LogP contribution in [0.1, 0.15) is 37.0 Å². The van der Waals surface area contributed by atoms with E-state index in [2.05, 4.69) is 19.2 Å². The van der Waals surface area contributed by atoms with E-state index in [0.717, 1.165) is 18.7 Å². The van der Waals surface area contributed by atoms with E-state index < -0.39 is 0 Å². The van der Waals surface area contributed by atoms with Gasteiger partial charge < -0.3 is 15.1 Å². The molecule has 2 saturated heterocycles. The van der Waals surface area contributed by atoms with Gasteiger partial charge in [-0.2, -0.15) is 0 Å². The number of carbonyl (C=O) groups is 2. The summed E-state index contributed by atoms with van der Waals surface area (Å²) in [6, 6.07) is 5.27. The largest absolute Gasteiger partial charge is 0.335 e. The van der Waals surface area contributed by atoms with E-state index in [4.69, 9.17) is 11.6 Å². The first-order valence-corrected chi connectivity index (χ1v) is 8.39. The van der Waals surface area contributed by atoms with E-state index in [1.807, 2.05) is 11.0 Å². The zero-order valence-electron chi connectivity index (χ0n) is 13.6. The highest BCUT2D eigenvalue weighted by Crippen LogP contribution is 2.28. The van der Waals surface area contributed by atoms with Gasteiger partial charge in [-0.15, -0.1) is 0 Å². The molecule has 0 atom stereocenters. The Balaban J connectivity index is 1.86. The SMILES string of the molecule is CC1(C)CN(C(=O)c2cc(N3CCCC3=O)ccc2Cl)CCN1. The zero-order valence-corrected chi connectivity index (χ0v) is 14.3. The Morgan fingerprint density at radius 1 is 1.30 bits per heavy atom. The van der Waals surface area contributed by atoms with Crippen molar-refractivity contribution in [2.75, 3.05) is 31.1 Å². The highest BCUT2D eigenvalue weighted by molar-refractivity contribution is 6.34. The molecule has 1 aromatic rings. The van der Waals surface area contributed by atoms with Gasteiger partial charge in [-0.05, 0) is 38.5 Å². The molecule has 0 radical (unpaired) electrons. The lowest BCUT2D eigenvalue weighted by atomic mass is 10.0. The van der Waals surface area contributed by atoms with E-state index in [-0.39, 0.29) is 17.4 Å². The molecule has 0 bridgehead atoms. The van der Waals surface area contributed by atoms with Crippen LogP contribution in [0.2, 0.25) is 5.02 Å². The maximum atomic E-state index is 12.9. The van der Waals surface area contributed by atoms with Gasteiger partial charge in [-0.1, -0.05) is 11.6 Å². The third kappa shape index (κ3) is 3.35. The lowest BCUT2D eigenvalue weighted by molar-refractivity contribution is -0.117. The molecule has 0 unspecified atom stereocenters. The van der Waals surface area contributed by atoms with Gasteiger partial charge in [0.1, 0.15) is 0 Å². The summed E-state index contributed by atoms with van der Waals surface area (Å²) in [7, 11) is 0. The van der Waals surface area contributed by atoms with Crippen molar-refractivity contribution in [1.82, 2.24) is 10.2 Å². The molecular weight excluding hydrogens is 314 g/mol. The third-order valence-electron chi connectivity index (χ3n) is 4.42. The van der Waals surface area contributed by atoms with Crippen LogP contribution in [0, 0.1) is 0 Å². The molecule has 0 aliphatic carbocycles. The number of halogens is 1. The highest BCUT2D eigenvalue weighted by Gasteiger charge is 2.30. The van der Waals surface area contributed by atoms with E-state index >= 15 is 0 Å². The average Bonchev–Trinajstić information content (AvgIpc) is 2.92. The molecule has 0 saturated carbocycles. The van der Waals surface area contributed by atoms with Crippen LogP contribution in [-0.4, -0.2) is 48.4 Å². The van der Waals surface area contributed by atoms with Crippen LogP contribution in [0.5, 0.6) is 0 Å². The number of rotatable bonds is 2. The number of piperazine rings is 1. The fraction of sp³-hybridized carbons (Fsp3) is 0.529. The summed E-state index contributed by atoms with van der Waals surface area (Å²) >= 11 is 6.26. The number of amides is 2. The minimum Gasteiger partial charge on any atom is -0.335 e. The Hall–Kier alpha value is -1.59. The molecule has 3 rings (SSSR count). The minimum absolute atomic E-state index is 0.0712. The van der Waals surface area contributed by atoms with E-state index in [1.54, 1.807) is 17.0 Å². The van der Waals surface area contributed by atoms with Crippen molar-refractivity contribution < 1.29 is 9.59 Å². The summed E-state index contributed by atoms with van der Waals surface area (Å²) in [5.41, 5.74) is 1.12. The number of hydrogen-bond donors (Lipinski definition) is 1. The lowest BCUT2D eigenvalue weighted by Gasteiger charge is -2.39. The van der Waals surface area contributed by atoms with Crippen molar-refractivity contribution in [3.05, 3.63) is 28.8 Å². The van der Waals surface area contributed by atoms with Crippen molar-refractivity contribution in [2.24, 2.45) is 0 Å². The van der Waals surface area contributed by atoms with Crippen LogP contribution < -0.4 is 10.2 Å². The Bertz CT molecular complexity index is 645. The normalized spacial score (nSPS) is 20.9. The Labute approximate surface area is 141 Å².